The standard InChI is InChI=1S/C21H40N4O3S/c1-4-22-20(23-17-10-14-25(15-11-17)29(26,27)6-3)24-18-16-19(28-5-2)21(18)12-8-7-9-13-21/h17-19H,4-16H2,1-3H3,(H2,22,23,24). The Morgan fingerprint density at radius 2 is 1.79 bits per heavy atom. The van der Waals surface area contributed by atoms with Gasteiger partial charge in [-0.25, -0.2) is 12.7 Å². The van der Waals surface area contributed by atoms with Gasteiger partial charge in [0.25, 0.3) is 0 Å². The predicted molar refractivity (Wildman–Crippen MR) is 118 cm³/mol. The Morgan fingerprint density at radius 3 is 2.38 bits per heavy atom. The molecule has 168 valence electrons. The van der Waals surface area contributed by atoms with Crippen LogP contribution in [0.2, 0.25) is 0 Å². The summed E-state index contributed by atoms with van der Waals surface area (Å²) in [5.74, 6) is 1.06. The Hall–Kier alpha value is -0.860. The maximum atomic E-state index is 12.1. The molecule has 2 N–H and O–H groups in total. The number of piperidine rings is 1. The molecule has 0 amide bonds. The highest BCUT2D eigenvalue weighted by Gasteiger charge is 2.56. The third-order valence-corrected chi connectivity index (χ3v) is 9.00. The van der Waals surface area contributed by atoms with Gasteiger partial charge >= 0.3 is 0 Å². The average Bonchev–Trinajstić information content (AvgIpc) is 2.74. The Labute approximate surface area is 177 Å². The number of nitrogens with zero attached hydrogens (tertiary/aromatic N) is 2. The van der Waals surface area contributed by atoms with Crippen molar-refractivity contribution in [1.29, 1.82) is 0 Å². The summed E-state index contributed by atoms with van der Waals surface area (Å²) in [6, 6.07) is 0.680. The molecule has 29 heavy (non-hydrogen) atoms. The summed E-state index contributed by atoms with van der Waals surface area (Å²) in [4.78, 5) is 4.69. The summed E-state index contributed by atoms with van der Waals surface area (Å²) in [6.07, 6.45) is 9.45. The molecule has 0 aromatic heterocycles. The number of guanidine groups is 1. The fourth-order valence-corrected chi connectivity index (χ4v) is 6.51. The van der Waals surface area contributed by atoms with Gasteiger partial charge in [0, 0.05) is 43.7 Å². The molecule has 8 heteroatoms. The van der Waals surface area contributed by atoms with Crippen LogP contribution in [0, 0.1) is 5.41 Å². The highest BCUT2D eigenvalue weighted by molar-refractivity contribution is 7.89. The molecule has 1 heterocycles. The number of nitrogens with one attached hydrogen (secondary N) is 2. The molecule has 0 aromatic rings. The molecule has 1 saturated heterocycles. The van der Waals surface area contributed by atoms with Gasteiger partial charge in [-0.15, -0.1) is 0 Å². The molecule has 0 aromatic carbocycles. The quantitative estimate of drug-likeness (QED) is 0.481. The van der Waals surface area contributed by atoms with E-state index in [9.17, 15) is 8.42 Å². The fraction of sp³-hybridized carbons (Fsp3) is 0.952. The van der Waals surface area contributed by atoms with Crippen LogP contribution in [0.1, 0.15) is 72.1 Å². The largest absolute Gasteiger partial charge is 0.378 e. The van der Waals surface area contributed by atoms with Gasteiger partial charge < -0.3 is 15.4 Å². The summed E-state index contributed by atoms with van der Waals surface area (Å²) in [7, 11) is -3.08. The molecule has 3 aliphatic rings. The van der Waals surface area contributed by atoms with E-state index in [0.717, 1.165) is 38.4 Å². The number of ether oxygens (including phenoxy) is 1. The zero-order chi connectivity index (χ0) is 20.9. The monoisotopic (exact) mass is 428 g/mol. The van der Waals surface area contributed by atoms with Gasteiger partial charge in [0.2, 0.25) is 10.0 Å². The van der Waals surface area contributed by atoms with Crippen molar-refractivity contribution in [3.63, 3.8) is 0 Å². The minimum Gasteiger partial charge on any atom is -0.378 e. The minimum atomic E-state index is -3.08. The van der Waals surface area contributed by atoms with Crippen molar-refractivity contribution in [2.75, 3.05) is 32.0 Å². The van der Waals surface area contributed by atoms with Crippen LogP contribution in [0.15, 0.2) is 4.99 Å². The van der Waals surface area contributed by atoms with Crippen LogP contribution < -0.4 is 10.6 Å². The maximum Gasteiger partial charge on any atom is 0.213 e. The third kappa shape index (κ3) is 5.07. The van der Waals surface area contributed by atoms with Crippen molar-refractivity contribution in [2.24, 2.45) is 10.4 Å². The van der Waals surface area contributed by atoms with Gasteiger partial charge in [0.1, 0.15) is 0 Å². The lowest BCUT2D eigenvalue weighted by atomic mass is 9.55. The predicted octanol–water partition coefficient (Wildman–Crippen LogP) is 2.48. The van der Waals surface area contributed by atoms with Crippen LogP contribution in [0.25, 0.3) is 0 Å². The highest BCUT2D eigenvalue weighted by Crippen LogP contribution is 2.53. The minimum absolute atomic E-state index is 0.181. The fourth-order valence-electron chi connectivity index (χ4n) is 5.38. The molecule has 7 nitrogen and oxygen atoms in total. The number of hydrogen-bond donors (Lipinski definition) is 2. The number of hydrogen-bond acceptors (Lipinski definition) is 4. The molecular weight excluding hydrogens is 388 g/mol. The first kappa shape index (κ1) is 22.8. The SMILES string of the molecule is CCN=C(NC1CCN(S(=O)(=O)CC)CC1)NC1CC(OCC)C12CCCCC2. The van der Waals surface area contributed by atoms with E-state index in [2.05, 4.69) is 24.5 Å². The Kier molecular flexibility index (Phi) is 7.84. The Morgan fingerprint density at radius 1 is 1.10 bits per heavy atom. The third-order valence-electron chi connectivity index (χ3n) is 7.12. The molecule has 2 atom stereocenters. The van der Waals surface area contributed by atoms with Crippen LogP contribution >= 0.6 is 0 Å². The van der Waals surface area contributed by atoms with E-state index >= 15 is 0 Å². The van der Waals surface area contributed by atoms with Crippen molar-refractivity contribution in [2.45, 2.75) is 90.3 Å². The molecule has 1 aliphatic heterocycles. The number of sulfonamides is 1. The van der Waals surface area contributed by atoms with E-state index in [1.54, 1.807) is 11.2 Å². The van der Waals surface area contributed by atoms with E-state index in [-0.39, 0.29) is 17.2 Å². The van der Waals surface area contributed by atoms with Crippen LogP contribution in [0.3, 0.4) is 0 Å². The summed E-state index contributed by atoms with van der Waals surface area (Å²) in [6.45, 7) is 8.55. The first-order valence-electron chi connectivity index (χ1n) is 11.6. The van der Waals surface area contributed by atoms with E-state index in [0.29, 0.717) is 25.2 Å². The van der Waals surface area contributed by atoms with Crippen molar-refractivity contribution in [3.05, 3.63) is 0 Å². The Balaban J connectivity index is 1.58. The van der Waals surface area contributed by atoms with Gasteiger partial charge in [-0.05, 0) is 52.9 Å². The second-order valence-electron chi connectivity index (χ2n) is 8.71. The lowest BCUT2D eigenvalue weighted by Crippen LogP contribution is -2.67. The average molecular weight is 429 g/mol. The topological polar surface area (TPSA) is 83.0 Å². The Bertz CT molecular complexity index is 653. The van der Waals surface area contributed by atoms with E-state index < -0.39 is 10.0 Å². The molecule has 3 fully saturated rings. The van der Waals surface area contributed by atoms with Gasteiger partial charge in [-0.2, -0.15) is 0 Å². The summed E-state index contributed by atoms with van der Waals surface area (Å²) in [5, 5.41) is 7.32. The first-order chi connectivity index (χ1) is 13.9. The number of rotatable bonds is 7. The van der Waals surface area contributed by atoms with Gasteiger partial charge in [0.15, 0.2) is 5.96 Å². The zero-order valence-corrected chi connectivity index (χ0v) is 19.3. The van der Waals surface area contributed by atoms with Crippen LogP contribution in [0.4, 0.5) is 0 Å². The second-order valence-corrected chi connectivity index (χ2v) is 11.0. The first-order valence-corrected chi connectivity index (χ1v) is 13.2. The van der Waals surface area contributed by atoms with E-state index in [1.165, 1.54) is 32.1 Å². The van der Waals surface area contributed by atoms with Gasteiger partial charge in [-0.3, -0.25) is 4.99 Å². The molecule has 2 aliphatic carbocycles. The van der Waals surface area contributed by atoms with Gasteiger partial charge in [-0.1, -0.05) is 19.3 Å². The van der Waals surface area contributed by atoms with E-state index in [1.807, 2.05) is 0 Å². The highest BCUT2D eigenvalue weighted by atomic mass is 32.2. The van der Waals surface area contributed by atoms with E-state index in [4.69, 9.17) is 9.73 Å². The molecular formula is C21H40N4O3S. The summed E-state index contributed by atoms with van der Waals surface area (Å²) in [5.41, 5.74) is 0.253. The van der Waals surface area contributed by atoms with Crippen molar-refractivity contribution in [1.82, 2.24) is 14.9 Å². The molecule has 2 saturated carbocycles. The molecule has 0 radical (unpaired) electrons. The molecule has 0 bridgehead atoms. The van der Waals surface area contributed by atoms with Crippen molar-refractivity contribution < 1.29 is 13.2 Å². The molecule has 3 rings (SSSR count). The normalized spacial score (nSPS) is 28.9. The molecule has 1 spiro atoms. The summed E-state index contributed by atoms with van der Waals surface area (Å²) < 4.78 is 31.9. The lowest BCUT2D eigenvalue weighted by molar-refractivity contribution is -0.145. The van der Waals surface area contributed by atoms with Gasteiger partial charge in [0.05, 0.1) is 11.9 Å². The lowest BCUT2D eigenvalue weighted by Gasteiger charge is -2.58. The van der Waals surface area contributed by atoms with Crippen LogP contribution in [-0.4, -0.2) is 68.9 Å². The van der Waals surface area contributed by atoms with Crippen molar-refractivity contribution >= 4 is 16.0 Å². The van der Waals surface area contributed by atoms with Crippen LogP contribution in [-0.2, 0) is 14.8 Å². The van der Waals surface area contributed by atoms with Crippen molar-refractivity contribution in [3.8, 4) is 0 Å². The summed E-state index contributed by atoms with van der Waals surface area (Å²) >= 11 is 0. The zero-order valence-electron chi connectivity index (χ0n) is 18.5. The second kappa shape index (κ2) is 9.96. The van der Waals surface area contributed by atoms with Crippen LogP contribution in [0.5, 0.6) is 0 Å². The molecule has 2 unspecified atom stereocenters. The smallest absolute Gasteiger partial charge is 0.213 e. The number of aliphatic imine (C=N–C) groups is 1. The maximum absolute atomic E-state index is 12.1.